The second kappa shape index (κ2) is 11.7. The number of carbonyl (C=O) groups excluding carboxylic acids is 1. The van der Waals surface area contributed by atoms with Gasteiger partial charge in [0.25, 0.3) is 0 Å². The molecule has 0 aliphatic carbocycles. The van der Waals surface area contributed by atoms with Gasteiger partial charge in [-0.05, 0) is 80.1 Å². The lowest BCUT2D eigenvalue weighted by atomic mass is 9.90. The van der Waals surface area contributed by atoms with Gasteiger partial charge >= 0.3 is 0 Å². The summed E-state index contributed by atoms with van der Waals surface area (Å²) >= 11 is 11.9. The van der Waals surface area contributed by atoms with Crippen molar-refractivity contribution in [1.82, 2.24) is 15.2 Å². The van der Waals surface area contributed by atoms with Gasteiger partial charge in [0.05, 0.1) is 10.0 Å². The van der Waals surface area contributed by atoms with E-state index in [-0.39, 0.29) is 5.91 Å². The number of hydrogen-bond acceptors (Lipinski definition) is 2. The van der Waals surface area contributed by atoms with Crippen LogP contribution in [0.1, 0.15) is 49.1 Å². The lowest BCUT2D eigenvalue weighted by Crippen LogP contribution is -2.35. The first-order chi connectivity index (χ1) is 16.1. The van der Waals surface area contributed by atoms with Crippen molar-refractivity contribution in [1.29, 1.82) is 0 Å². The minimum absolute atomic E-state index is 0.0846. The minimum Gasteiger partial charge on any atom is -0.361 e. The highest BCUT2D eigenvalue weighted by molar-refractivity contribution is 6.42. The number of carbonyl (C=O) groups is 1. The van der Waals surface area contributed by atoms with Crippen LogP contribution >= 0.6 is 23.2 Å². The standard InChI is InChI=1S/C27H31Cl2N3O/c28-24-12-10-20(17-25(24)29)11-13-27(33)30-14-4-1-5-15-32-16-6-7-21(19-32)23-18-31-26-9-3-2-8-22(23)26/h2-3,8-13,17-18,21,31H,1,4-7,14-16,19H2,(H,30,33)/b13-11+. The van der Waals surface area contributed by atoms with Crippen molar-refractivity contribution < 1.29 is 4.79 Å². The van der Waals surface area contributed by atoms with Crippen LogP contribution in [-0.2, 0) is 4.79 Å². The Bertz CT molecular complexity index is 1110. The number of rotatable bonds is 9. The van der Waals surface area contributed by atoms with E-state index in [0.29, 0.717) is 22.5 Å². The number of para-hydroxylation sites is 1. The van der Waals surface area contributed by atoms with Crippen LogP contribution in [0.3, 0.4) is 0 Å². The van der Waals surface area contributed by atoms with Crippen molar-refractivity contribution in [2.75, 3.05) is 26.2 Å². The van der Waals surface area contributed by atoms with E-state index in [1.165, 1.54) is 41.9 Å². The third-order valence-electron chi connectivity index (χ3n) is 6.39. The first kappa shape index (κ1) is 23.9. The number of fused-ring (bicyclic) bond motifs is 1. The number of H-pyrrole nitrogens is 1. The summed E-state index contributed by atoms with van der Waals surface area (Å²) in [5, 5.41) is 5.32. The van der Waals surface area contributed by atoms with Crippen LogP contribution in [0.25, 0.3) is 17.0 Å². The van der Waals surface area contributed by atoms with Gasteiger partial charge in [-0.2, -0.15) is 0 Å². The van der Waals surface area contributed by atoms with Crippen molar-refractivity contribution in [2.45, 2.75) is 38.0 Å². The molecule has 1 amide bonds. The molecule has 1 atom stereocenters. The number of unbranched alkanes of at least 4 members (excludes halogenated alkanes) is 2. The van der Waals surface area contributed by atoms with Crippen LogP contribution in [0, 0.1) is 0 Å². The van der Waals surface area contributed by atoms with E-state index in [1.54, 1.807) is 18.2 Å². The quantitative estimate of drug-likeness (QED) is 0.264. The molecule has 1 aliphatic rings. The fraction of sp³-hybridized carbons (Fsp3) is 0.370. The van der Waals surface area contributed by atoms with Gasteiger partial charge in [0, 0.05) is 36.3 Å². The summed E-state index contributed by atoms with van der Waals surface area (Å²) in [5.74, 6) is 0.523. The lowest BCUT2D eigenvalue weighted by molar-refractivity contribution is -0.116. The van der Waals surface area contributed by atoms with Gasteiger partial charge in [-0.25, -0.2) is 0 Å². The Labute approximate surface area is 206 Å². The van der Waals surface area contributed by atoms with Gasteiger partial charge in [0.1, 0.15) is 0 Å². The Morgan fingerprint density at radius 2 is 2.00 bits per heavy atom. The normalized spacial score (nSPS) is 17.1. The average Bonchev–Trinajstić information content (AvgIpc) is 3.26. The molecule has 6 heteroatoms. The first-order valence-corrected chi connectivity index (χ1v) is 12.5. The fourth-order valence-electron chi connectivity index (χ4n) is 4.64. The zero-order valence-corrected chi connectivity index (χ0v) is 20.3. The molecule has 1 fully saturated rings. The zero-order valence-electron chi connectivity index (χ0n) is 18.8. The van der Waals surface area contributed by atoms with Crippen molar-refractivity contribution >= 4 is 46.1 Å². The zero-order chi connectivity index (χ0) is 23.0. The number of halogens is 2. The number of benzene rings is 2. The predicted octanol–water partition coefficient (Wildman–Crippen LogP) is 6.65. The molecule has 2 aromatic carbocycles. The molecule has 0 saturated carbocycles. The summed E-state index contributed by atoms with van der Waals surface area (Å²) in [4.78, 5) is 18.1. The number of aromatic amines is 1. The van der Waals surface area contributed by atoms with E-state index in [2.05, 4.69) is 45.7 Å². The van der Waals surface area contributed by atoms with Gasteiger partial charge in [0.15, 0.2) is 0 Å². The maximum absolute atomic E-state index is 12.0. The summed E-state index contributed by atoms with van der Waals surface area (Å²) in [6.07, 6.45) is 11.3. The molecule has 1 aromatic heterocycles. The second-order valence-electron chi connectivity index (χ2n) is 8.79. The highest BCUT2D eigenvalue weighted by atomic mass is 35.5. The molecule has 1 unspecified atom stereocenters. The Hall–Kier alpha value is -2.27. The number of nitrogens with zero attached hydrogens (tertiary/aromatic N) is 1. The first-order valence-electron chi connectivity index (χ1n) is 11.8. The molecule has 2 heterocycles. The van der Waals surface area contributed by atoms with Crippen LogP contribution in [0.2, 0.25) is 10.0 Å². The van der Waals surface area contributed by atoms with Crippen LogP contribution in [-0.4, -0.2) is 42.0 Å². The van der Waals surface area contributed by atoms with Gasteiger partial charge in [0.2, 0.25) is 5.91 Å². The van der Waals surface area contributed by atoms with E-state index < -0.39 is 0 Å². The summed E-state index contributed by atoms with van der Waals surface area (Å²) in [6, 6.07) is 13.9. The van der Waals surface area contributed by atoms with Crippen LogP contribution < -0.4 is 5.32 Å². The Morgan fingerprint density at radius 1 is 1.12 bits per heavy atom. The number of amides is 1. The average molecular weight is 484 g/mol. The number of hydrogen-bond donors (Lipinski definition) is 2. The topological polar surface area (TPSA) is 48.1 Å². The molecule has 0 radical (unpaired) electrons. The molecule has 33 heavy (non-hydrogen) atoms. The molecule has 174 valence electrons. The molecule has 3 aromatic rings. The fourth-order valence-corrected chi connectivity index (χ4v) is 4.95. The molecular formula is C27H31Cl2N3O. The molecule has 0 spiro atoms. The SMILES string of the molecule is O=C(/C=C/c1ccc(Cl)c(Cl)c1)NCCCCCN1CCCC(c2c[nH]c3ccccc23)C1. The largest absolute Gasteiger partial charge is 0.361 e. The predicted molar refractivity (Wildman–Crippen MR) is 139 cm³/mol. The minimum atomic E-state index is -0.0846. The van der Waals surface area contributed by atoms with E-state index in [4.69, 9.17) is 23.2 Å². The summed E-state index contributed by atoms with van der Waals surface area (Å²) in [5.41, 5.74) is 3.55. The third-order valence-corrected chi connectivity index (χ3v) is 7.13. The number of likely N-dealkylation sites (tertiary alicyclic amines) is 1. The van der Waals surface area contributed by atoms with Gasteiger partial charge in [-0.1, -0.05) is 53.9 Å². The smallest absolute Gasteiger partial charge is 0.243 e. The Kier molecular flexibility index (Phi) is 8.49. The van der Waals surface area contributed by atoms with Crippen LogP contribution in [0.4, 0.5) is 0 Å². The molecule has 4 nitrogen and oxygen atoms in total. The molecule has 0 bridgehead atoms. The van der Waals surface area contributed by atoms with Gasteiger partial charge < -0.3 is 15.2 Å². The summed E-state index contributed by atoms with van der Waals surface area (Å²) in [7, 11) is 0. The monoisotopic (exact) mass is 483 g/mol. The third kappa shape index (κ3) is 6.63. The van der Waals surface area contributed by atoms with Crippen molar-refractivity contribution in [3.8, 4) is 0 Å². The van der Waals surface area contributed by atoms with E-state index >= 15 is 0 Å². The van der Waals surface area contributed by atoms with Crippen LogP contribution in [0.5, 0.6) is 0 Å². The highest BCUT2D eigenvalue weighted by Gasteiger charge is 2.23. The maximum Gasteiger partial charge on any atom is 0.243 e. The van der Waals surface area contributed by atoms with E-state index in [9.17, 15) is 4.79 Å². The number of aromatic nitrogens is 1. The summed E-state index contributed by atoms with van der Waals surface area (Å²) in [6.45, 7) is 4.15. The van der Waals surface area contributed by atoms with E-state index in [0.717, 1.165) is 37.9 Å². The van der Waals surface area contributed by atoms with Crippen molar-refractivity contribution in [3.05, 3.63) is 75.9 Å². The van der Waals surface area contributed by atoms with Crippen molar-refractivity contribution in [3.63, 3.8) is 0 Å². The van der Waals surface area contributed by atoms with Gasteiger partial charge in [-0.15, -0.1) is 0 Å². The van der Waals surface area contributed by atoms with Crippen molar-refractivity contribution in [2.24, 2.45) is 0 Å². The lowest BCUT2D eigenvalue weighted by Gasteiger charge is -2.32. The Morgan fingerprint density at radius 3 is 2.88 bits per heavy atom. The van der Waals surface area contributed by atoms with Crippen LogP contribution in [0.15, 0.2) is 54.7 Å². The van der Waals surface area contributed by atoms with E-state index in [1.807, 2.05) is 6.07 Å². The molecule has 2 N–H and O–H groups in total. The summed E-state index contributed by atoms with van der Waals surface area (Å²) < 4.78 is 0. The number of piperidine rings is 1. The number of nitrogens with one attached hydrogen (secondary N) is 2. The van der Waals surface area contributed by atoms with Gasteiger partial charge in [-0.3, -0.25) is 4.79 Å². The Balaban J connectivity index is 1.13. The highest BCUT2D eigenvalue weighted by Crippen LogP contribution is 2.32. The second-order valence-corrected chi connectivity index (χ2v) is 9.60. The molecular weight excluding hydrogens is 453 g/mol. The maximum atomic E-state index is 12.0. The molecule has 1 saturated heterocycles. The molecule has 1 aliphatic heterocycles. The molecule has 4 rings (SSSR count).